The van der Waals surface area contributed by atoms with Gasteiger partial charge >= 0.3 is 0 Å². The number of benzene rings is 2. The molecule has 0 saturated carbocycles. The van der Waals surface area contributed by atoms with Crippen LogP contribution in [0.2, 0.25) is 0 Å². The second kappa shape index (κ2) is 11.5. The van der Waals surface area contributed by atoms with Crippen LogP contribution in [0.15, 0.2) is 65.3 Å². The number of rotatable bonds is 8. The van der Waals surface area contributed by atoms with Gasteiger partial charge in [-0.15, -0.1) is 0 Å². The Labute approximate surface area is 219 Å². The summed E-state index contributed by atoms with van der Waals surface area (Å²) in [6.07, 6.45) is 1.39. The highest BCUT2D eigenvalue weighted by Crippen LogP contribution is 2.31. The van der Waals surface area contributed by atoms with Gasteiger partial charge in [0.1, 0.15) is 6.04 Å². The van der Waals surface area contributed by atoms with Crippen LogP contribution in [0.4, 0.5) is 5.69 Å². The molecule has 2 N–H and O–H groups in total. The van der Waals surface area contributed by atoms with Gasteiger partial charge in [0.25, 0.3) is 5.91 Å². The molecule has 1 heterocycles. The molecule has 1 aromatic heterocycles. The number of carbonyl (C=O) groups is 3. The van der Waals surface area contributed by atoms with Gasteiger partial charge in [-0.3, -0.25) is 19.3 Å². The van der Waals surface area contributed by atoms with Gasteiger partial charge in [-0.05, 0) is 87.1 Å². The number of nitrogens with zero attached hydrogens (tertiary/aromatic N) is 1. The van der Waals surface area contributed by atoms with Gasteiger partial charge in [0, 0.05) is 11.2 Å². The highest BCUT2D eigenvalue weighted by molar-refractivity contribution is 6.04. The second-order valence-electron chi connectivity index (χ2n) is 10.7. The number of anilines is 1. The van der Waals surface area contributed by atoms with Crippen LogP contribution in [0.5, 0.6) is 0 Å². The molecular formula is C30H37N3O4. The topological polar surface area (TPSA) is 91.7 Å². The Morgan fingerprint density at radius 3 is 2.11 bits per heavy atom. The summed E-state index contributed by atoms with van der Waals surface area (Å²) in [5, 5.41) is 5.66. The van der Waals surface area contributed by atoms with Crippen molar-refractivity contribution < 1.29 is 18.8 Å². The summed E-state index contributed by atoms with van der Waals surface area (Å²) in [5.74, 6) is -0.809. The monoisotopic (exact) mass is 503 g/mol. The fraction of sp³-hybridized carbons (Fsp3) is 0.367. The molecular weight excluding hydrogens is 466 g/mol. The molecule has 0 aliphatic heterocycles. The Kier molecular flexibility index (Phi) is 8.58. The quantitative estimate of drug-likeness (QED) is 0.428. The number of furan rings is 1. The average molecular weight is 504 g/mol. The summed E-state index contributed by atoms with van der Waals surface area (Å²) in [4.78, 5) is 41.5. The molecule has 0 unspecified atom stereocenters. The maximum atomic E-state index is 13.8. The predicted molar refractivity (Wildman–Crippen MR) is 146 cm³/mol. The van der Waals surface area contributed by atoms with Crippen LogP contribution >= 0.6 is 0 Å². The third kappa shape index (κ3) is 7.09. The minimum Gasteiger partial charge on any atom is -0.459 e. The molecule has 0 spiro atoms. The largest absolute Gasteiger partial charge is 0.459 e. The fourth-order valence-electron chi connectivity index (χ4n) is 3.97. The first kappa shape index (κ1) is 27.7. The second-order valence-corrected chi connectivity index (χ2v) is 10.7. The molecule has 3 rings (SSSR count). The zero-order valence-corrected chi connectivity index (χ0v) is 22.7. The summed E-state index contributed by atoms with van der Waals surface area (Å²) in [5.41, 5.74) is 3.92. The number of carbonyl (C=O) groups excluding carboxylic acids is 3. The molecule has 1 atom stereocenters. The van der Waals surface area contributed by atoms with Crippen molar-refractivity contribution in [1.82, 2.24) is 10.6 Å². The Morgan fingerprint density at radius 1 is 0.919 bits per heavy atom. The van der Waals surface area contributed by atoms with Crippen LogP contribution in [0.25, 0.3) is 0 Å². The van der Waals surface area contributed by atoms with Gasteiger partial charge in [0.05, 0.1) is 12.8 Å². The van der Waals surface area contributed by atoms with E-state index >= 15 is 0 Å². The highest BCUT2D eigenvalue weighted by Gasteiger charge is 2.34. The van der Waals surface area contributed by atoms with Gasteiger partial charge in [0.15, 0.2) is 5.76 Å². The summed E-state index contributed by atoms with van der Waals surface area (Å²) >= 11 is 0. The molecule has 0 bridgehead atoms. The van der Waals surface area contributed by atoms with Crippen LogP contribution in [0.1, 0.15) is 79.4 Å². The van der Waals surface area contributed by atoms with Crippen molar-refractivity contribution >= 4 is 23.4 Å². The lowest BCUT2D eigenvalue weighted by molar-refractivity contribution is -0.127. The summed E-state index contributed by atoms with van der Waals surface area (Å²) in [7, 11) is 0. The fourth-order valence-corrected chi connectivity index (χ4v) is 3.97. The number of hydrogen-bond acceptors (Lipinski definition) is 4. The zero-order valence-electron chi connectivity index (χ0n) is 22.7. The predicted octanol–water partition coefficient (Wildman–Crippen LogP) is 5.44. The van der Waals surface area contributed by atoms with Gasteiger partial charge in [-0.1, -0.05) is 44.2 Å². The Balaban J connectivity index is 2.07. The van der Waals surface area contributed by atoms with Crippen molar-refractivity contribution in [2.75, 3.05) is 11.4 Å². The standard InChI is InChI=1S/C30H37N3O4/c1-19(2)22-11-13-23(14-12-22)27(29(36)32-30(5,6)7)33(24-15-10-20(3)21(4)17-24)26(34)18-31-28(35)25-9-8-16-37-25/h8-17,19,27H,18H2,1-7H3,(H,31,35)(H,32,36)/t27-/m1/s1. The lowest BCUT2D eigenvalue weighted by atomic mass is 9.96. The third-order valence-electron chi connectivity index (χ3n) is 6.11. The van der Waals surface area contributed by atoms with Crippen molar-refractivity contribution in [2.24, 2.45) is 0 Å². The van der Waals surface area contributed by atoms with E-state index in [-0.39, 0.29) is 18.2 Å². The molecule has 0 aliphatic carbocycles. The number of amides is 3. The van der Waals surface area contributed by atoms with Crippen molar-refractivity contribution in [1.29, 1.82) is 0 Å². The Morgan fingerprint density at radius 2 is 1.57 bits per heavy atom. The molecule has 196 valence electrons. The number of aryl methyl sites for hydroxylation is 2. The van der Waals surface area contributed by atoms with Gasteiger partial charge < -0.3 is 15.1 Å². The number of hydrogen-bond donors (Lipinski definition) is 2. The van der Waals surface area contributed by atoms with Crippen LogP contribution < -0.4 is 15.5 Å². The highest BCUT2D eigenvalue weighted by atomic mass is 16.3. The number of nitrogens with one attached hydrogen (secondary N) is 2. The molecule has 0 saturated heterocycles. The summed E-state index contributed by atoms with van der Waals surface area (Å²) < 4.78 is 5.14. The molecule has 0 aliphatic rings. The van der Waals surface area contributed by atoms with E-state index in [0.29, 0.717) is 17.2 Å². The van der Waals surface area contributed by atoms with E-state index in [2.05, 4.69) is 24.5 Å². The van der Waals surface area contributed by atoms with Crippen molar-refractivity contribution in [3.05, 3.63) is 88.9 Å². The lowest BCUT2D eigenvalue weighted by Crippen LogP contribution is -2.51. The first-order valence-electron chi connectivity index (χ1n) is 12.5. The Bertz CT molecular complexity index is 1240. The third-order valence-corrected chi connectivity index (χ3v) is 6.11. The molecule has 37 heavy (non-hydrogen) atoms. The first-order valence-corrected chi connectivity index (χ1v) is 12.5. The van der Waals surface area contributed by atoms with Crippen molar-refractivity contribution in [3.8, 4) is 0 Å². The molecule has 0 radical (unpaired) electrons. The first-order chi connectivity index (χ1) is 17.4. The van der Waals surface area contributed by atoms with E-state index in [1.165, 1.54) is 17.2 Å². The molecule has 3 amide bonds. The normalized spacial score (nSPS) is 12.2. The summed E-state index contributed by atoms with van der Waals surface area (Å²) in [6, 6.07) is 15.6. The van der Waals surface area contributed by atoms with E-state index in [4.69, 9.17) is 4.42 Å². The zero-order chi connectivity index (χ0) is 27.3. The molecule has 3 aromatic rings. The lowest BCUT2D eigenvalue weighted by Gasteiger charge is -2.34. The molecule has 0 fully saturated rings. The van der Waals surface area contributed by atoms with Crippen LogP contribution in [-0.4, -0.2) is 29.8 Å². The minimum atomic E-state index is -0.949. The van der Waals surface area contributed by atoms with E-state index in [0.717, 1.165) is 16.7 Å². The maximum Gasteiger partial charge on any atom is 0.287 e. The maximum absolute atomic E-state index is 13.8. The van der Waals surface area contributed by atoms with E-state index in [1.807, 2.05) is 77.1 Å². The molecule has 7 heteroatoms. The molecule has 7 nitrogen and oxygen atoms in total. The van der Waals surface area contributed by atoms with Gasteiger partial charge in [-0.2, -0.15) is 0 Å². The SMILES string of the molecule is Cc1ccc(N(C(=O)CNC(=O)c2ccco2)[C@@H](C(=O)NC(C)(C)C)c2ccc(C(C)C)cc2)cc1C. The van der Waals surface area contributed by atoms with E-state index < -0.39 is 23.4 Å². The summed E-state index contributed by atoms with van der Waals surface area (Å²) in [6.45, 7) is 13.5. The van der Waals surface area contributed by atoms with E-state index in [9.17, 15) is 14.4 Å². The smallest absolute Gasteiger partial charge is 0.287 e. The average Bonchev–Trinajstić information content (AvgIpc) is 3.37. The van der Waals surface area contributed by atoms with E-state index in [1.54, 1.807) is 6.07 Å². The minimum absolute atomic E-state index is 0.108. The van der Waals surface area contributed by atoms with Gasteiger partial charge in [-0.25, -0.2) is 0 Å². The Hall–Kier alpha value is -3.87. The van der Waals surface area contributed by atoms with Crippen LogP contribution in [-0.2, 0) is 9.59 Å². The van der Waals surface area contributed by atoms with Gasteiger partial charge in [0.2, 0.25) is 11.8 Å². The van der Waals surface area contributed by atoms with Crippen molar-refractivity contribution in [2.45, 2.75) is 66.0 Å². The van der Waals surface area contributed by atoms with Crippen molar-refractivity contribution in [3.63, 3.8) is 0 Å². The molecule has 2 aromatic carbocycles. The van der Waals surface area contributed by atoms with Crippen LogP contribution in [0, 0.1) is 13.8 Å². The van der Waals surface area contributed by atoms with Crippen LogP contribution in [0.3, 0.4) is 0 Å².